The fraction of sp³-hybridized carbons (Fsp3) is 0.538. The third kappa shape index (κ3) is 2.61. The van der Waals surface area contributed by atoms with Gasteiger partial charge in [-0.2, -0.15) is 0 Å². The second kappa shape index (κ2) is 4.94. The number of piperidine rings is 1. The van der Waals surface area contributed by atoms with E-state index in [1.165, 1.54) is 6.07 Å². The van der Waals surface area contributed by atoms with E-state index in [2.05, 4.69) is 4.98 Å². The fourth-order valence-electron chi connectivity index (χ4n) is 2.22. The molecule has 0 bridgehead atoms. The second-order valence-corrected chi connectivity index (χ2v) is 5.00. The number of β-amino-alcohol motifs (C(OH)–C–C–N with tert-alkyl or cyclic N) is 1. The summed E-state index contributed by atoms with van der Waals surface area (Å²) < 4.78 is 0. The Morgan fingerprint density at radius 1 is 1.50 bits per heavy atom. The summed E-state index contributed by atoms with van der Waals surface area (Å²) in [6, 6.07) is 2.97. The van der Waals surface area contributed by atoms with Gasteiger partial charge in [0.15, 0.2) is 0 Å². The van der Waals surface area contributed by atoms with E-state index in [1.807, 2.05) is 6.92 Å². The summed E-state index contributed by atoms with van der Waals surface area (Å²) in [4.78, 5) is 27.8. The average molecular weight is 250 g/mol. The molecule has 0 saturated carbocycles. The first-order chi connectivity index (χ1) is 8.47. The molecule has 1 amide bonds. The Bertz CT molecular complexity index is 509. The van der Waals surface area contributed by atoms with Crippen LogP contribution in [-0.4, -0.2) is 40.1 Å². The Kier molecular flexibility index (Phi) is 3.52. The molecule has 0 spiro atoms. The van der Waals surface area contributed by atoms with Crippen LogP contribution in [0.4, 0.5) is 0 Å². The molecule has 1 saturated heterocycles. The third-order valence-electron chi connectivity index (χ3n) is 3.43. The van der Waals surface area contributed by atoms with E-state index in [0.717, 1.165) is 6.42 Å². The maximum absolute atomic E-state index is 12.2. The third-order valence-corrected chi connectivity index (χ3v) is 3.43. The van der Waals surface area contributed by atoms with Crippen LogP contribution < -0.4 is 5.56 Å². The van der Waals surface area contributed by atoms with Gasteiger partial charge in [-0.05, 0) is 25.3 Å². The molecule has 2 unspecified atom stereocenters. The number of carbonyl (C=O) groups is 1. The quantitative estimate of drug-likeness (QED) is 0.763. The molecular weight excluding hydrogens is 232 g/mol. The highest BCUT2D eigenvalue weighted by Gasteiger charge is 2.27. The molecule has 1 aromatic rings. The van der Waals surface area contributed by atoms with Gasteiger partial charge in [0.25, 0.3) is 5.91 Å². The number of nitrogens with zero attached hydrogens (tertiary/aromatic N) is 1. The molecule has 5 nitrogen and oxygen atoms in total. The Morgan fingerprint density at radius 2 is 2.22 bits per heavy atom. The van der Waals surface area contributed by atoms with Crippen molar-refractivity contribution >= 4 is 5.91 Å². The largest absolute Gasteiger partial charge is 0.391 e. The van der Waals surface area contributed by atoms with E-state index in [4.69, 9.17) is 0 Å². The minimum absolute atomic E-state index is 0.185. The standard InChI is InChI=1S/C13H18N2O3/c1-8-3-4-15(7-11(8)16)13(18)10-5-9(2)14-12(17)6-10/h5-6,8,11,16H,3-4,7H2,1-2H3,(H,14,17). The van der Waals surface area contributed by atoms with Gasteiger partial charge in [0.1, 0.15) is 0 Å². The molecule has 2 atom stereocenters. The van der Waals surface area contributed by atoms with Crippen LogP contribution in [0.15, 0.2) is 16.9 Å². The second-order valence-electron chi connectivity index (χ2n) is 5.00. The van der Waals surface area contributed by atoms with Gasteiger partial charge in [-0.25, -0.2) is 0 Å². The molecule has 1 aliphatic rings. The van der Waals surface area contributed by atoms with Gasteiger partial charge < -0.3 is 15.0 Å². The molecule has 0 radical (unpaired) electrons. The van der Waals surface area contributed by atoms with Crippen LogP contribution in [0, 0.1) is 12.8 Å². The molecule has 18 heavy (non-hydrogen) atoms. The highest BCUT2D eigenvalue weighted by molar-refractivity contribution is 5.94. The SMILES string of the molecule is Cc1cc(C(=O)N2CCC(C)C(O)C2)cc(=O)[nH]1. The maximum Gasteiger partial charge on any atom is 0.254 e. The van der Waals surface area contributed by atoms with Gasteiger partial charge in [-0.15, -0.1) is 0 Å². The smallest absolute Gasteiger partial charge is 0.254 e. The number of aromatic amines is 1. The zero-order valence-corrected chi connectivity index (χ0v) is 10.6. The van der Waals surface area contributed by atoms with Crippen LogP contribution in [-0.2, 0) is 0 Å². The van der Waals surface area contributed by atoms with E-state index in [0.29, 0.717) is 24.3 Å². The molecule has 5 heteroatoms. The van der Waals surface area contributed by atoms with Crippen LogP contribution in [0.25, 0.3) is 0 Å². The van der Waals surface area contributed by atoms with E-state index < -0.39 is 6.10 Å². The number of aliphatic hydroxyl groups excluding tert-OH is 1. The molecule has 98 valence electrons. The van der Waals surface area contributed by atoms with E-state index in [9.17, 15) is 14.7 Å². The number of amides is 1. The number of H-pyrrole nitrogens is 1. The number of hydrogen-bond acceptors (Lipinski definition) is 3. The summed E-state index contributed by atoms with van der Waals surface area (Å²) in [5, 5.41) is 9.79. The number of aromatic nitrogens is 1. The predicted molar refractivity (Wildman–Crippen MR) is 67.5 cm³/mol. The van der Waals surface area contributed by atoms with Gasteiger partial charge in [0, 0.05) is 30.4 Å². The monoisotopic (exact) mass is 250 g/mol. The Labute approximate surface area is 105 Å². The summed E-state index contributed by atoms with van der Waals surface area (Å²) in [6.45, 7) is 4.68. The van der Waals surface area contributed by atoms with Crippen molar-refractivity contribution in [3.63, 3.8) is 0 Å². The Hall–Kier alpha value is -1.62. The highest BCUT2D eigenvalue weighted by Crippen LogP contribution is 2.18. The number of rotatable bonds is 1. The van der Waals surface area contributed by atoms with Crippen molar-refractivity contribution in [3.8, 4) is 0 Å². The zero-order valence-electron chi connectivity index (χ0n) is 10.6. The number of likely N-dealkylation sites (tertiary alicyclic amines) is 1. The molecule has 0 aromatic carbocycles. The first kappa shape index (κ1) is 12.8. The van der Waals surface area contributed by atoms with Crippen molar-refractivity contribution in [2.75, 3.05) is 13.1 Å². The van der Waals surface area contributed by atoms with Crippen LogP contribution in [0.2, 0.25) is 0 Å². The molecular formula is C13H18N2O3. The molecule has 2 rings (SSSR count). The molecule has 1 aromatic heterocycles. The van der Waals surface area contributed by atoms with Crippen molar-refractivity contribution in [2.45, 2.75) is 26.4 Å². The van der Waals surface area contributed by atoms with Crippen LogP contribution in [0.3, 0.4) is 0 Å². The predicted octanol–water partition coefficient (Wildman–Crippen LogP) is 0.526. The summed E-state index contributed by atoms with van der Waals surface area (Å²) in [5.41, 5.74) is 0.777. The first-order valence-electron chi connectivity index (χ1n) is 6.15. The number of aryl methyl sites for hydroxylation is 1. The lowest BCUT2D eigenvalue weighted by molar-refractivity contribution is 0.0248. The van der Waals surface area contributed by atoms with Crippen molar-refractivity contribution in [2.24, 2.45) is 5.92 Å². The van der Waals surface area contributed by atoms with Crippen molar-refractivity contribution in [3.05, 3.63) is 33.7 Å². The van der Waals surface area contributed by atoms with Gasteiger partial charge in [-0.1, -0.05) is 6.92 Å². The maximum atomic E-state index is 12.2. The van der Waals surface area contributed by atoms with Crippen LogP contribution in [0.5, 0.6) is 0 Å². The Balaban J connectivity index is 2.19. The van der Waals surface area contributed by atoms with Crippen molar-refractivity contribution in [1.82, 2.24) is 9.88 Å². The Morgan fingerprint density at radius 3 is 2.83 bits per heavy atom. The van der Waals surface area contributed by atoms with Gasteiger partial charge >= 0.3 is 0 Å². The van der Waals surface area contributed by atoms with Crippen molar-refractivity contribution < 1.29 is 9.90 Å². The minimum Gasteiger partial charge on any atom is -0.391 e. The summed E-state index contributed by atoms with van der Waals surface area (Å²) in [6.07, 6.45) is 0.306. The molecule has 0 aliphatic carbocycles. The van der Waals surface area contributed by atoms with E-state index in [1.54, 1.807) is 17.9 Å². The fourth-order valence-corrected chi connectivity index (χ4v) is 2.22. The van der Waals surface area contributed by atoms with Gasteiger partial charge in [-0.3, -0.25) is 9.59 Å². The normalized spacial score (nSPS) is 24.1. The lowest BCUT2D eigenvalue weighted by Crippen LogP contribution is -2.46. The van der Waals surface area contributed by atoms with E-state index >= 15 is 0 Å². The number of nitrogens with one attached hydrogen (secondary N) is 1. The summed E-state index contributed by atoms with van der Waals surface area (Å²) in [5.74, 6) is 0.0325. The topological polar surface area (TPSA) is 73.4 Å². The number of aliphatic hydroxyl groups is 1. The highest BCUT2D eigenvalue weighted by atomic mass is 16.3. The average Bonchev–Trinajstić information content (AvgIpc) is 2.30. The van der Waals surface area contributed by atoms with E-state index in [-0.39, 0.29) is 17.4 Å². The van der Waals surface area contributed by atoms with Crippen LogP contribution >= 0.6 is 0 Å². The summed E-state index contributed by atoms with van der Waals surface area (Å²) in [7, 11) is 0. The van der Waals surface area contributed by atoms with Crippen molar-refractivity contribution in [1.29, 1.82) is 0 Å². The van der Waals surface area contributed by atoms with Gasteiger partial charge in [0.05, 0.1) is 6.10 Å². The number of carbonyl (C=O) groups excluding carboxylic acids is 1. The molecule has 2 heterocycles. The molecule has 1 aliphatic heterocycles. The minimum atomic E-state index is -0.481. The molecule has 2 N–H and O–H groups in total. The zero-order chi connectivity index (χ0) is 13.3. The van der Waals surface area contributed by atoms with Gasteiger partial charge in [0.2, 0.25) is 5.56 Å². The summed E-state index contributed by atoms with van der Waals surface area (Å²) >= 11 is 0. The first-order valence-corrected chi connectivity index (χ1v) is 6.15. The lowest BCUT2D eigenvalue weighted by atomic mass is 9.95. The number of hydrogen-bond donors (Lipinski definition) is 2. The lowest BCUT2D eigenvalue weighted by Gasteiger charge is -2.34. The molecule has 1 fully saturated rings. The number of pyridine rings is 1. The van der Waals surface area contributed by atoms with Crippen LogP contribution in [0.1, 0.15) is 29.4 Å².